The van der Waals surface area contributed by atoms with Crippen molar-refractivity contribution in [3.05, 3.63) is 12.3 Å². The van der Waals surface area contributed by atoms with Crippen LogP contribution < -0.4 is 0 Å². The van der Waals surface area contributed by atoms with Gasteiger partial charge in [0.25, 0.3) is 0 Å². The lowest BCUT2D eigenvalue weighted by Crippen LogP contribution is -2.49. The zero-order chi connectivity index (χ0) is 17.4. The Bertz CT molecular complexity index is 598. The fraction of sp³-hybridized carbons (Fsp3) is 0.714. The van der Waals surface area contributed by atoms with Crippen molar-refractivity contribution in [3.63, 3.8) is 0 Å². The van der Waals surface area contributed by atoms with E-state index in [2.05, 4.69) is 13.1 Å². The number of ether oxygens (including phenoxy) is 1. The molecule has 1 rings (SSSR count). The van der Waals surface area contributed by atoms with Gasteiger partial charge in [0.15, 0.2) is 0 Å². The fourth-order valence-corrected chi connectivity index (χ4v) is 2.49. The van der Waals surface area contributed by atoms with Crippen molar-refractivity contribution in [1.29, 1.82) is 0 Å². The largest absolute Gasteiger partial charge is 0.523 e. The van der Waals surface area contributed by atoms with Crippen LogP contribution in [0.15, 0.2) is 12.3 Å². The maximum atomic E-state index is 12.2. The highest BCUT2D eigenvalue weighted by molar-refractivity contribution is 7.88. The van der Waals surface area contributed by atoms with Crippen molar-refractivity contribution < 1.29 is 56.3 Å². The average molecular weight is 380 g/mol. The third-order valence-corrected chi connectivity index (χ3v) is 4.19. The fourth-order valence-electron chi connectivity index (χ4n) is 1.15. The van der Waals surface area contributed by atoms with Gasteiger partial charge in [-0.3, -0.25) is 0 Å². The van der Waals surface area contributed by atoms with Gasteiger partial charge in [0.05, 0.1) is 6.26 Å². The Labute approximate surface area is 119 Å². The lowest BCUT2D eigenvalue weighted by Gasteiger charge is -2.32. The maximum absolute atomic E-state index is 12.2. The van der Waals surface area contributed by atoms with Gasteiger partial charge in [0.1, 0.15) is 6.61 Å². The van der Waals surface area contributed by atoms with E-state index in [4.69, 9.17) is 0 Å². The minimum atomic E-state index is -6.44. The molecule has 0 fully saturated rings. The van der Waals surface area contributed by atoms with Crippen LogP contribution in [0.5, 0.6) is 0 Å². The van der Waals surface area contributed by atoms with Crippen LogP contribution in [0, 0.1) is 0 Å². The van der Waals surface area contributed by atoms with Crippen molar-refractivity contribution in [2.45, 2.75) is 23.2 Å². The highest BCUT2D eigenvalue weighted by Gasteiger charge is 2.58. The van der Waals surface area contributed by atoms with Crippen molar-refractivity contribution in [1.82, 2.24) is 0 Å². The minimum absolute atomic E-state index is 0.724. The van der Waals surface area contributed by atoms with E-state index in [-0.39, 0.29) is 0 Å². The van der Waals surface area contributed by atoms with Gasteiger partial charge in [0.2, 0.25) is 5.79 Å². The zero-order valence-corrected chi connectivity index (χ0v) is 11.6. The average Bonchev–Trinajstić information content (AvgIpc) is 2.24. The summed E-state index contributed by atoms with van der Waals surface area (Å²) in [4.78, 5) is 0. The molecule has 130 valence electrons. The van der Waals surface area contributed by atoms with Crippen molar-refractivity contribution >= 4 is 20.2 Å². The van der Waals surface area contributed by atoms with Gasteiger partial charge in [-0.25, -0.2) is 8.37 Å². The minimum Gasteiger partial charge on any atom is -0.496 e. The van der Waals surface area contributed by atoms with Gasteiger partial charge in [-0.2, -0.15) is 43.2 Å². The second-order valence-electron chi connectivity index (χ2n) is 3.76. The highest BCUT2D eigenvalue weighted by atomic mass is 32.2. The molecule has 0 spiro atoms. The van der Waals surface area contributed by atoms with Gasteiger partial charge in [-0.1, -0.05) is 0 Å². The van der Waals surface area contributed by atoms with E-state index in [9.17, 15) is 43.2 Å². The molecule has 0 amide bonds. The normalized spacial score (nSPS) is 19.7. The van der Waals surface area contributed by atoms with Gasteiger partial charge < -0.3 is 4.74 Å². The molecule has 0 N–H and O–H groups in total. The van der Waals surface area contributed by atoms with Crippen LogP contribution in [0.4, 0.5) is 26.3 Å². The summed E-state index contributed by atoms with van der Waals surface area (Å²) >= 11 is 0. The number of rotatable bonds is 4. The van der Waals surface area contributed by atoms with Gasteiger partial charge in [-0.05, 0) is 6.08 Å². The Morgan fingerprint density at radius 2 is 1.32 bits per heavy atom. The van der Waals surface area contributed by atoms with Crippen molar-refractivity contribution in [3.8, 4) is 0 Å². The molecule has 0 aliphatic carbocycles. The van der Waals surface area contributed by atoms with Crippen LogP contribution >= 0.6 is 0 Å². The van der Waals surface area contributed by atoms with E-state index >= 15 is 0 Å². The number of hydrogen-bond acceptors (Lipinski definition) is 7. The Morgan fingerprint density at radius 3 is 1.59 bits per heavy atom. The molecule has 0 atom stereocenters. The molecule has 0 saturated heterocycles. The Kier molecular flexibility index (Phi) is 4.78. The van der Waals surface area contributed by atoms with Crippen molar-refractivity contribution in [2.24, 2.45) is 0 Å². The Morgan fingerprint density at radius 1 is 0.909 bits per heavy atom. The quantitative estimate of drug-likeness (QED) is 0.314. The summed E-state index contributed by atoms with van der Waals surface area (Å²) in [6.45, 7) is -1.34. The molecule has 0 aromatic heterocycles. The van der Waals surface area contributed by atoms with E-state index in [0.717, 1.165) is 12.3 Å². The number of alkyl halides is 6. The molecular formula is C7H6F6O7S2. The second kappa shape index (κ2) is 5.54. The van der Waals surface area contributed by atoms with E-state index in [1.54, 1.807) is 0 Å². The summed E-state index contributed by atoms with van der Waals surface area (Å²) in [6.07, 6.45) is 0.449. The van der Waals surface area contributed by atoms with E-state index < -0.39 is 50.1 Å². The summed E-state index contributed by atoms with van der Waals surface area (Å²) in [5.41, 5.74) is -12.0. The van der Waals surface area contributed by atoms with E-state index in [1.165, 1.54) is 0 Å². The van der Waals surface area contributed by atoms with E-state index in [0.29, 0.717) is 0 Å². The summed E-state index contributed by atoms with van der Waals surface area (Å²) in [5, 5.41) is 0. The zero-order valence-electron chi connectivity index (χ0n) is 10.0. The molecule has 0 aromatic carbocycles. The van der Waals surface area contributed by atoms with Crippen LogP contribution in [0.2, 0.25) is 0 Å². The van der Waals surface area contributed by atoms with Crippen LogP contribution in [0.1, 0.15) is 6.42 Å². The van der Waals surface area contributed by atoms with Crippen molar-refractivity contribution in [2.75, 3.05) is 6.61 Å². The molecule has 1 aliphatic heterocycles. The summed E-state index contributed by atoms with van der Waals surface area (Å²) in [6, 6.07) is 0. The SMILES string of the molecule is O=S(=O)(OC1(OS(=O)(=O)C(F)(F)F)CC=COC1)C(F)(F)F. The number of hydrogen-bond donors (Lipinski definition) is 0. The molecule has 0 saturated carbocycles. The molecule has 7 nitrogen and oxygen atoms in total. The highest BCUT2D eigenvalue weighted by Crippen LogP contribution is 2.37. The lowest BCUT2D eigenvalue weighted by molar-refractivity contribution is -0.167. The number of halogens is 6. The van der Waals surface area contributed by atoms with Gasteiger partial charge in [-0.15, -0.1) is 0 Å². The predicted molar refractivity (Wildman–Crippen MR) is 54.6 cm³/mol. The van der Waals surface area contributed by atoms with Gasteiger partial charge >= 0.3 is 31.3 Å². The smallest absolute Gasteiger partial charge is 0.496 e. The topological polar surface area (TPSA) is 96.0 Å². The first kappa shape index (κ1) is 19.0. The monoisotopic (exact) mass is 380 g/mol. The van der Waals surface area contributed by atoms with Crippen LogP contribution in [0.25, 0.3) is 0 Å². The molecule has 0 radical (unpaired) electrons. The third-order valence-electron chi connectivity index (χ3n) is 2.01. The predicted octanol–water partition coefficient (Wildman–Crippen LogP) is 1.35. The van der Waals surface area contributed by atoms with Crippen LogP contribution in [0.3, 0.4) is 0 Å². The van der Waals surface area contributed by atoms with Crippen LogP contribution in [-0.2, 0) is 33.3 Å². The summed E-state index contributed by atoms with van der Waals surface area (Å²) < 4.78 is 128. The molecule has 22 heavy (non-hydrogen) atoms. The first-order chi connectivity index (χ1) is 9.62. The second-order valence-corrected chi connectivity index (χ2v) is 6.84. The molecular weight excluding hydrogens is 374 g/mol. The van der Waals surface area contributed by atoms with Gasteiger partial charge in [0, 0.05) is 6.42 Å². The standard InChI is InChI=1S/C7H6F6O7S2/c8-6(9,10)21(14,15)19-5(2-1-3-18-4-5)20-22(16,17)7(11,12)13/h1,3H,2,4H2. The summed E-state index contributed by atoms with van der Waals surface area (Å²) in [5.74, 6) is -3.36. The molecule has 0 bridgehead atoms. The Balaban J connectivity index is 3.22. The molecule has 1 heterocycles. The molecule has 1 aliphatic rings. The molecule has 0 unspecified atom stereocenters. The first-order valence-corrected chi connectivity index (χ1v) is 7.74. The van der Waals surface area contributed by atoms with E-state index in [1.807, 2.05) is 0 Å². The first-order valence-electron chi connectivity index (χ1n) is 4.92. The van der Waals surface area contributed by atoms with Crippen LogP contribution in [-0.4, -0.2) is 40.2 Å². The third kappa shape index (κ3) is 4.02. The maximum Gasteiger partial charge on any atom is 0.523 e. The summed E-state index contributed by atoms with van der Waals surface area (Å²) in [7, 11) is -12.9. The lowest BCUT2D eigenvalue weighted by atomic mass is 10.2. The Hall–Kier alpha value is -1.06. The molecule has 0 aromatic rings. The molecule has 15 heteroatoms.